The molecule has 1 heterocycles. The van der Waals surface area contributed by atoms with Gasteiger partial charge in [0.25, 0.3) is 0 Å². The Labute approximate surface area is 123 Å². The van der Waals surface area contributed by atoms with Crippen LogP contribution in [0.4, 0.5) is 5.69 Å². The Morgan fingerprint density at radius 3 is 2.76 bits per heavy atom. The van der Waals surface area contributed by atoms with Gasteiger partial charge in [-0.05, 0) is 35.9 Å². The van der Waals surface area contributed by atoms with Crippen LogP contribution in [-0.2, 0) is 6.54 Å². The standard InChI is InChI=1S/C17H16N2O2/c18-11-13-3-1-4-15(9-13)19-12-14-5-6-16-17(10-14)21-8-2-7-20-16/h1,3-6,9-10,19H,2,7-8,12H2. The molecule has 4 heteroatoms. The van der Waals surface area contributed by atoms with Gasteiger partial charge in [0.1, 0.15) is 0 Å². The van der Waals surface area contributed by atoms with Crippen LogP contribution in [0, 0.1) is 11.3 Å². The van der Waals surface area contributed by atoms with Crippen LogP contribution in [0.3, 0.4) is 0 Å². The first-order valence-corrected chi connectivity index (χ1v) is 6.98. The van der Waals surface area contributed by atoms with Crippen LogP contribution in [0.2, 0.25) is 0 Å². The summed E-state index contributed by atoms with van der Waals surface area (Å²) in [7, 11) is 0. The molecule has 0 aromatic heterocycles. The zero-order valence-electron chi connectivity index (χ0n) is 11.6. The minimum atomic E-state index is 0.652. The van der Waals surface area contributed by atoms with Gasteiger partial charge in [0.2, 0.25) is 0 Å². The SMILES string of the molecule is N#Cc1cccc(NCc2ccc3c(c2)OCCCO3)c1. The highest BCUT2D eigenvalue weighted by atomic mass is 16.5. The Balaban J connectivity index is 1.70. The second-order valence-electron chi connectivity index (χ2n) is 4.88. The Morgan fingerprint density at radius 2 is 1.90 bits per heavy atom. The van der Waals surface area contributed by atoms with E-state index in [0.717, 1.165) is 29.2 Å². The first-order chi connectivity index (χ1) is 10.3. The molecule has 0 unspecified atom stereocenters. The molecule has 0 bridgehead atoms. The van der Waals surface area contributed by atoms with E-state index in [-0.39, 0.29) is 0 Å². The second kappa shape index (κ2) is 6.19. The average molecular weight is 280 g/mol. The lowest BCUT2D eigenvalue weighted by atomic mass is 10.2. The number of ether oxygens (including phenoxy) is 2. The zero-order chi connectivity index (χ0) is 14.5. The number of nitrogens with one attached hydrogen (secondary N) is 1. The lowest BCUT2D eigenvalue weighted by Gasteiger charge is -2.11. The van der Waals surface area contributed by atoms with E-state index >= 15 is 0 Å². The third kappa shape index (κ3) is 3.26. The van der Waals surface area contributed by atoms with E-state index in [9.17, 15) is 0 Å². The number of rotatable bonds is 3. The molecular formula is C17H16N2O2. The third-order valence-corrected chi connectivity index (χ3v) is 3.30. The number of nitrogens with zero attached hydrogens (tertiary/aromatic N) is 1. The first-order valence-electron chi connectivity index (χ1n) is 6.98. The lowest BCUT2D eigenvalue weighted by Crippen LogP contribution is -2.00. The normalized spacial score (nSPS) is 13.1. The van der Waals surface area contributed by atoms with Crippen LogP contribution in [0.25, 0.3) is 0 Å². The van der Waals surface area contributed by atoms with Crippen molar-refractivity contribution in [3.05, 3.63) is 53.6 Å². The molecule has 0 saturated carbocycles. The molecule has 0 radical (unpaired) electrons. The largest absolute Gasteiger partial charge is 0.490 e. The molecule has 106 valence electrons. The smallest absolute Gasteiger partial charge is 0.161 e. The lowest BCUT2D eigenvalue weighted by molar-refractivity contribution is 0.297. The predicted molar refractivity (Wildman–Crippen MR) is 80.5 cm³/mol. The zero-order valence-corrected chi connectivity index (χ0v) is 11.6. The summed E-state index contributed by atoms with van der Waals surface area (Å²) in [5, 5.41) is 12.2. The van der Waals surface area contributed by atoms with Crippen molar-refractivity contribution >= 4 is 5.69 Å². The van der Waals surface area contributed by atoms with Gasteiger partial charge < -0.3 is 14.8 Å². The molecule has 4 nitrogen and oxygen atoms in total. The minimum Gasteiger partial charge on any atom is -0.490 e. The van der Waals surface area contributed by atoms with Gasteiger partial charge in [-0.3, -0.25) is 0 Å². The maximum Gasteiger partial charge on any atom is 0.161 e. The fourth-order valence-electron chi connectivity index (χ4n) is 2.22. The van der Waals surface area contributed by atoms with Crippen LogP contribution >= 0.6 is 0 Å². The molecule has 0 aliphatic carbocycles. The van der Waals surface area contributed by atoms with E-state index in [4.69, 9.17) is 14.7 Å². The molecule has 0 atom stereocenters. The monoisotopic (exact) mass is 280 g/mol. The maximum atomic E-state index is 8.90. The number of hydrogen-bond acceptors (Lipinski definition) is 4. The van der Waals surface area contributed by atoms with Crippen molar-refractivity contribution in [3.63, 3.8) is 0 Å². The van der Waals surface area contributed by atoms with Crippen LogP contribution < -0.4 is 14.8 Å². The van der Waals surface area contributed by atoms with Gasteiger partial charge >= 0.3 is 0 Å². The second-order valence-corrected chi connectivity index (χ2v) is 4.88. The van der Waals surface area contributed by atoms with Crippen molar-refractivity contribution in [2.45, 2.75) is 13.0 Å². The van der Waals surface area contributed by atoms with Crippen molar-refractivity contribution in [1.82, 2.24) is 0 Å². The van der Waals surface area contributed by atoms with E-state index in [1.807, 2.05) is 36.4 Å². The molecule has 2 aromatic carbocycles. The fourth-order valence-corrected chi connectivity index (χ4v) is 2.22. The van der Waals surface area contributed by atoms with Gasteiger partial charge in [-0.15, -0.1) is 0 Å². The molecule has 1 aliphatic heterocycles. The summed E-state index contributed by atoms with van der Waals surface area (Å²) in [6.07, 6.45) is 0.906. The highest BCUT2D eigenvalue weighted by molar-refractivity contribution is 5.50. The number of fused-ring (bicyclic) bond motifs is 1. The maximum absolute atomic E-state index is 8.90. The highest BCUT2D eigenvalue weighted by Gasteiger charge is 2.10. The Bertz CT molecular complexity index is 677. The van der Waals surface area contributed by atoms with Crippen LogP contribution in [0.15, 0.2) is 42.5 Å². The molecule has 1 N–H and O–H groups in total. The number of anilines is 1. The molecule has 21 heavy (non-hydrogen) atoms. The molecule has 2 aromatic rings. The average Bonchev–Trinajstić information content (AvgIpc) is 2.78. The Hall–Kier alpha value is -2.67. The van der Waals surface area contributed by atoms with Crippen molar-refractivity contribution in [2.75, 3.05) is 18.5 Å². The van der Waals surface area contributed by atoms with E-state index in [2.05, 4.69) is 11.4 Å². The molecular weight excluding hydrogens is 264 g/mol. The van der Waals surface area contributed by atoms with Crippen LogP contribution in [0.1, 0.15) is 17.5 Å². The predicted octanol–water partition coefficient (Wildman–Crippen LogP) is 3.33. The van der Waals surface area contributed by atoms with E-state index in [0.29, 0.717) is 25.3 Å². The highest BCUT2D eigenvalue weighted by Crippen LogP contribution is 2.30. The summed E-state index contributed by atoms with van der Waals surface area (Å²) in [4.78, 5) is 0. The number of hydrogen-bond donors (Lipinski definition) is 1. The first kappa shape index (κ1) is 13.3. The summed E-state index contributed by atoms with van der Waals surface area (Å²) < 4.78 is 11.3. The summed E-state index contributed by atoms with van der Waals surface area (Å²) in [6, 6.07) is 15.6. The topological polar surface area (TPSA) is 54.3 Å². The summed E-state index contributed by atoms with van der Waals surface area (Å²) >= 11 is 0. The van der Waals surface area contributed by atoms with Gasteiger partial charge in [-0.1, -0.05) is 12.1 Å². The quantitative estimate of drug-likeness (QED) is 0.937. The Kier molecular flexibility index (Phi) is 3.92. The number of benzene rings is 2. The third-order valence-electron chi connectivity index (χ3n) is 3.30. The van der Waals surface area contributed by atoms with Crippen molar-refractivity contribution < 1.29 is 9.47 Å². The van der Waals surface area contributed by atoms with Crippen molar-refractivity contribution in [1.29, 1.82) is 5.26 Å². The molecule has 0 fully saturated rings. The fraction of sp³-hybridized carbons (Fsp3) is 0.235. The summed E-state index contributed by atoms with van der Waals surface area (Å²) in [6.45, 7) is 2.06. The van der Waals surface area contributed by atoms with Crippen molar-refractivity contribution in [3.8, 4) is 17.6 Å². The summed E-state index contributed by atoms with van der Waals surface area (Å²) in [5.74, 6) is 1.61. The molecule has 0 amide bonds. The minimum absolute atomic E-state index is 0.652. The molecule has 0 spiro atoms. The van der Waals surface area contributed by atoms with Gasteiger partial charge in [0.05, 0.1) is 24.8 Å². The van der Waals surface area contributed by atoms with Crippen LogP contribution in [0.5, 0.6) is 11.5 Å². The van der Waals surface area contributed by atoms with Gasteiger partial charge in [-0.2, -0.15) is 5.26 Å². The Morgan fingerprint density at radius 1 is 1.05 bits per heavy atom. The van der Waals surface area contributed by atoms with Gasteiger partial charge in [0.15, 0.2) is 11.5 Å². The van der Waals surface area contributed by atoms with E-state index in [1.165, 1.54) is 0 Å². The molecule has 0 saturated heterocycles. The van der Waals surface area contributed by atoms with E-state index < -0.39 is 0 Å². The number of nitriles is 1. The van der Waals surface area contributed by atoms with E-state index in [1.54, 1.807) is 6.07 Å². The summed E-state index contributed by atoms with van der Waals surface area (Å²) in [5.41, 5.74) is 2.70. The van der Waals surface area contributed by atoms with Gasteiger partial charge in [0, 0.05) is 18.7 Å². The van der Waals surface area contributed by atoms with Gasteiger partial charge in [-0.25, -0.2) is 0 Å². The van der Waals surface area contributed by atoms with Crippen molar-refractivity contribution in [2.24, 2.45) is 0 Å². The molecule has 1 aliphatic rings. The molecule has 3 rings (SSSR count). The van der Waals surface area contributed by atoms with Crippen LogP contribution in [-0.4, -0.2) is 13.2 Å².